The van der Waals surface area contributed by atoms with Crippen LogP contribution in [0.2, 0.25) is 0 Å². The maximum absolute atomic E-state index is 14.0. The number of aliphatic hydroxyl groups excluding tert-OH is 1. The van der Waals surface area contributed by atoms with Crippen molar-refractivity contribution in [3.63, 3.8) is 0 Å². The highest BCUT2D eigenvalue weighted by molar-refractivity contribution is 6.04. The normalized spacial score (nSPS) is 15.9. The van der Waals surface area contributed by atoms with E-state index in [1.54, 1.807) is 97.4 Å². The molecule has 0 unspecified atom stereocenters. The van der Waals surface area contributed by atoms with Crippen molar-refractivity contribution in [3.8, 4) is 11.5 Å². The summed E-state index contributed by atoms with van der Waals surface area (Å²) in [6, 6.07) is 36.3. The smallest absolute Gasteiger partial charge is 0.410 e. The number of ether oxygens (including phenoxy) is 6. The van der Waals surface area contributed by atoms with Crippen LogP contribution in [0.3, 0.4) is 0 Å². The van der Waals surface area contributed by atoms with Crippen LogP contribution in [-0.4, -0.2) is 117 Å². The first-order valence-corrected chi connectivity index (χ1v) is 26.9. The van der Waals surface area contributed by atoms with Crippen molar-refractivity contribution < 1.29 is 57.5 Å². The standard InChI is InChI=1S/C61H69N9O13/c1-36(2)49(65-58(76)83-60(4,5)6)54(74)63-37(3)52(72)64-43-25-19-38(20-26-43)33-80-59(77)69(7)32-39-15-13-14-18-47(39)53(73)67-57-66-51-50(55(75)68-57)62-35-70(51)56-48(71)31-46(82-56)34-81-61(40-16-11-10-12-17-40,41-21-27-44(78-8)28-22-41)42-23-29-45(79-9)30-24-42/h10-30,35-37,46,48-49,56,71H,31-34H2,1-9H3,(H,63,74)(H,64,72)(H,65,76)(H2,66,67,68,73,75)/t37-,46-,48+,49-,56+/m0/s1. The van der Waals surface area contributed by atoms with Gasteiger partial charge in [-0.25, -0.2) is 14.6 Å². The topological polar surface area (TPSA) is 276 Å². The number of fused-ring (bicyclic) bond motifs is 1. The maximum atomic E-state index is 14.0. The van der Waals surface area contributed by atoms with Gasteiger partial charge in [0.05, 0.1) is 33.3 Å². The second-order valence-corrected chi connectivity index (χ2v) is 21.3. The number of carbonyl (C=O) groups excluding carboxylic acids is 5. The zero-order valence-electron chi connectivity index (χ0n) is 47.6. The Hall–Kier alpha value is -9.12. The number of H-pyrrole nitrogens is 1. The van der Waals surface area contributed by atoms with E-state index in [0.29, 0.717) is 28.3 Å². The molecule has 1 aliphatic heterocycles. The molecule has 22 nitrogen and oxygen atoms in total. The Labute approximate surface area is 479 Å². The van der Waals surface area contributed by atoms with Crippen LogP contribution in [0.25, 0.3) is 11.2 Å². The number of rotatable bonds is 21. The molecular formula is C61H69N9O13. The molecule has 83 heavy (non-hydrogen) atoms. The van der Waals surface area contributed by atoms with Crippen molar-refractivity contribution >= 4 is 52.7 Å². The Morgan fingerprint density at radius 1 is 0.795 bits per heavy atom. The van der Waals surface area contributed by atoms with E-state index < -0.39 is 77.2 Å². The zero-order valence-corrected chi connectivity index (χ0v) is 47.6. The molecule has 1 aliphatic rings. The summed E-state index contributed by atoms with van der Waals surface area (Å²) in [5, 5.41) is 22.2. The van der Waals surface area contributed by atoms with Crippen molar-refractivity contribution in [2.45, 2.75) is 103 Å². The number of hydrogen-bond donors (Lipinski definition) is 6. The lowest BCUT2D eigenvalue weighted by Gasteiger charge is -2.37. The third-order valence-corrected chi connectivity index (χ3v) is 13.7. The minimum atomic E-state index is -1.15. The van der Waals surface area contributed by atoms with Gasteiger partial charge in [0, 0.05) is 31.3 Å². The molecule has 0 radical (unpaired) electrons. The average Bonchev–Trinajstić information content (AvgIpc) is 3.95. The molecule has 0 saturated carbocycles. The number of carbonyl (C=O) groups is 5. The lowest BCUT2D eigenvalue weighted by atomic mass is 9.80. The van der Waals surface area contributed by atoms with E-state index in [1.165, 1.54) is 29.8 Å². The third-order valence-electron chi connectivity index (χ3n) is 13.7. The van der Waals surface area contributed by atoms with Crippen molar-refractivity contribution in [3.05, 3.63) is 177 Å². The van der Waals surface area contributed by atoms with Crippen molar-refractivity contribution in [2.24, 2.45) is 5.92 Å². The number of nitrogens with one attached hydrogen (secondary N) is 5. The quantitative estimate of drug-likeness (QED) is 0.0375. The molecule has 0 spiro atoms. The molecule has 2 aromatic heterocycles. The van der Waals surface area contributed by atoms with Gasteiger partial charge in [-0.15, -0.1) is 0 Å². The van der Waals surface area contributed by atoms with E-state index in [4.69, 9.17) is 28.4 Å². The first-order valence-electron chi connectivity index (χ1n) is 26.9. The zero-order chi connectivity index (χ0) is 59.6. The van der Waals surface area contributed by atoms with Gasteiger partial charge >= 0.3 is 12.2 Å². The van der Waals surface area contributed by atoms with Crippen LogP contribution in [-0.2, 0) is 47.3 Å². The van der Waals surface area contributed by atoms with Gasteiger partial charge < -0.3 is 54.4 Å². The Morgan fingerprint density at radius 3 is 2.02 bits per heavy atom. The summed E-state index contributed by atoms with van der Waals surface area (Å²) in [6.07, 6.45) is -2.70. The predicted molar refractivity (Wildman–Crippen MR) is 308 cm³/mol. The Bertz CT molecular complexity index is 3410. The van der Waals surface area contributed by atoms with Gasteiger partial charge in [0.1, 0.15) is 47.5 Å². The van der Waals surface area contributed by atoms with Crippen LogP contribution in [0, 0.1) is 5.92 Å². The number of nitrogens with zero attached hydrogens (tertiary/aromatic N) is 4. The molecule has 436 valence electrons. The summed E-state index contributed by atoms with van der Waals surface area (Å²) >= 11 is 0. The van der Waals surface area contributed by atoms with Gasteiger partial charge in [-0.2, -0.15) is 4.98 Å². The molecule has 22 heteroatoms. The Kier molecular flexibility index (Phi) is 18.9. The van der Waals surface area contributed by atoms with Gasteiger partial charge in [0.25, 0.3) is 11.5 Å². The third kappa shape index (κ3) is 14.5. The first-order chi connectivity index (χ1) is 39.7. The first kappa shape index (κ1) is 60.0. The fraction of sp³-hybridized carbons (Fsp3) is 0.344. The average molecular weight is 1140 g/mol. The highest BCUT2D eigenvalue weighted by atomic mass is 16.6. The monoisotopic (exact) mass is 1140 g/mol. The lowest BCUT2D eigenvalue weighted by Crippen LogP contribution is -2.54. The summed E-state index contributed by atoms with van der Waals surface area (Å²) in [6.45, 7) is 10.0. The van der Waals surface area contributed by atoms with Crippen LogP contribution in [0.5, 0.6) is 11.5 Å². The second kappa shape index (κ2) is 26.2. The molecule has 0 bridgehead atoms. The van der Waals surface area contributed by atoms with Gasteiger partial charge in [0.2, 0.25) is 17.8 Å². The Balaban J connectivity index is 0.881. The molecule has 5 atom stereocenters. The summed E-state index contributed by atoms with van der Waals surface area (Å²) in [7, 11) is 4.72. The second-order valence-electron chi connectivity index (χ2n) is 21.3. The number of methoxy groups -OCH3 is 2. The van der Waals surface area contributed by atoms with E-state index in [2.05, 4.69) is 36.2 Å². The molecule has 7 aromatic rings. The molecule has 3 heterocycles. The summed E-state index contributed by atoms with van der Waals surface area (Å²) in [5.74, 6) is -0.846. The highest BCUT2D eigenvalue weighted by Gasteiger charge is 2.42. The van der Waals surface area contributed by atoms with E-state index in [1.807, 2.05) is 78.9 Å². The number of alkyl carbamates (subject to hydrolysis) is 1. The minimum Gasteiger partial charge on any atom is -0.497 e. The summed E-state index contributed by atoms with van der Waals surface area (Å²) in [5.41, 5.74) is 1.57. The molecule has 6 N–H and O–H groups in total. The van der Waals surface area contributed by atoms with Gasteiger partial charge in [-0.3, -0.25) is 34.0 Å². The van der Waals surface area contributed by atoms with Crippen molar-refractivity contribution in [1.82, 2.24) is 35.1 Å². The molecule has 8 rings (SSSR count). The van der Waals surface area contributed by atoms with E-state index in [0.717, 1.165) is 16.7 Å². The van der Waals surface area contributed by atoms with E-state index in [9.17, 15) is 33.9 Å². The molecule has 1 fully saturated rings. The molecule has 5 amide bonds. The summed E-state index contributed by atoms with van der Waals surface area (Å²) in [4.78, 5) is 91.9. The van der Waals surface area contributed by atoms with Crippen molar-refractivity contribution in [1.29, 1.82) is 0 Å². The fourth-order valence-electron chi connectivity index (χ4n) is 9.45. The molecule has 0 aliphatic carbocycles. The van der Waals surface area contributed by atoms with Crippen LogP contribution in [0.1, 0.15) is 92.4 Å². The van der Waals surface area contributed by atoms with Gasteiger partial charge in [-0.05, 0) is 104 Å². The largest absolute Gasteiger partial charge is 0.497 e. The molecule has 1 saturated heterocycles. The van der Waals surface area contributed by atoms with Gasteiger partial charge in [0.15, 0.2) is 17.4 Å². The molecular weight excluding hydrogens is 1070 g/mol. The number of aliphatic hydroxyl groups is 1. The van der Waals surface area contributed by atoms with Crippen molar-refractivity contribution in [2.75, 3.05) is 38.5 Å². The summed E-state index contributed by atoms with van der Waals surface area (Å²) < 4.78 is 36.8. The number of aromatic amines is 1. The van der Waals surface area contributed by atoms with Gasteiger partial charge in [-0.1, -0.05) is 98.8 Å². The van der Waals surface area contributed by atoms with Crippen LogP contribution in [0.15, 0.2) is 139 Å². The Morgan fingerprint density at radius 2 is 1.41 bits per heavy atom. The SMILES string of the molecule is COc1ccc(C(OC[C@@H]2C[C@@H](O)[C@H](n3cnc4c(=O)[nH]c(NC(=O)c5ccccc5CN(C)C(=O)OCc5ccc(NC(=O)[C@H](C)NC(=O)[C@@H](NC(=O)OC(C)(C)C)C(C)C)cc5)nc43)O2)(c2ccccc2)c2ccc(OC)cc2)cc1. The van der Waals surface area contributed by atoms with E-state index >= 15 is 0 Å². The number of amides is 5. The molecule has 5 aromatic carbocycles. The van der Waals surface area contributed by atoms with Crippen LogP contribution >= 0.6 is 0 Å². The lowest BCUT2D eigenvalue weighted by molar-refractivity contribution is -0.128. The number of hydrogen-bond acceptors (Lipinski definition) is 15. The highest BCUT2D eigenvalue weighted by Crippen LogP contribution is 2.43. The number of aromatic nitrogens is 4. The number of imidazole rings is 1. The number of anilines is 2. The fourth-order valence-corrected chi connectivity index (χ4v) is 9.45. The maximum Gasteiger partial charge on any atom is 0.410 e. The van der Waals surface area contributed by atoms with E-state index in [-0.39, 0.29) is 54.8 Å². The van der Waals surface area contributed by atoms with Crippen LogP contribution in [0.4, 0.5) is 21.2 Å². The van der Waals surface area contributed by atoms with Crippen LogP contribution < -0.4 is 36.3 Å². The number of benzene rings is 5. The minimum absolute atomic E-state index is 0.0245. The predicted octanol–water partition coefficient (Wildman–Crippen LogP) is 7.81.